The highest BCUT2D eigenvalue weighted by Gasteiger charge is 2.11. The predicted octanol–water partition coefficient (Wildman–Crippen LogP) is -2.03. The summed E-state index contributed by atoms with van der Waals surface area (Å²) in [4.78, 5) is 0. The van der Waals surface area contributed by atoms with Gasteiger partial charge in [0.15, 0.2) is 0 Å². The highest BCUT2D eigenvalue weighted by molar-refractivity contribution is 7.81. The summed E-state index contributed by atoms with van der Waals surface area (Å²) in [6.45, 7) is 1.93. The van der Waals surface area contributed by atoms with Gasteiger partial charge in [-0.2, -0.15) is 8.42 Å². The van der Waals surface area contributed by atoms with Gasteiger partial charge in [-0.3, -0.25) is 8.76 Å². The minimum Gasteiger partial charge on any atom is -0.772 e. The molecule has 0 radical (unpaired) electrons. The Morgan fingerprint density at radius 3 is 2.21 bits per heavy atom. The lowest BCUT2D eigenvalue weighted by Crippen LogP contribution is -2.32. The van der Waals surface area contributed by atoms with Crippen LogP contribution in [0.5, 0.6) is 0 Å². The van der Waals surface area contributed by atoms with E-state index in [4.69, 9.17) is 15.4 Å². The van der Waals surface area contributed by atoms with Gasteiger partial charge in [0.1, 0.15) is 6.23 Å². The van der Waals surface area contributed by atoms with E-state index in [2.05, 4.69) is 4.18 Å². The van der Waals surface area contributed by atoms with Crippen molar-refractivity contribution in [1.82, 2.24) is 0 Å². The Balaban J connectivity index is 0. The quantitative estimate of drug-likeness (QED) is 0.293. The lowest BCUT2D eigenvalue weighted by Gasteiger charge is -2.10. The molecular formula is C4H12NO7S2-. The molecule has 0 aromatic heterocycles. The summed E-state index contributed by atoms with van der Waals surface area (Å²) in [7, 11) is -4.67. The van der Waals surface area contributed by atoms with Gasteiger partial charge in [0.2, 0.25) is 0 Å². The second kappa shape index (κ2) is 8.23. The zero-order chi connectivity index (χ0) is 11.8. The molecule has 88 valence electrons. The number of aliphatic hydroxyl groups is 1. The van der Waals surface area contributed by atoms with Crippen molar-refractivity contribution >= 4 is 21.5 Å². The van der Waals surface area contributed by atoms with Crippen LogP contribution in [0.25, 0.3) is 0 Å². The van der Waals surface area contributed by atoms with Crippen molar-refractivity contribution in [3.63, 3.8) is 0 Å². The molecule has 0 amide bonds. The van der Waals surface area contributed by atoms with E-state index >= 15 is 0 Å². The van der Waals surface area contributed by atoms with Crippen molar-refractivity contribution in [3.05, 3.63) is 0 Å². The topological polar surface area (TPSA) is 150 Å². The fourth-order valence-corrected chi connectivity index (χ4v) is 1.12. The van der Waals surface area contributed by atoms with Gasteiger partial charge >= 0.3 is 10.4 Å². The van der Waals surface area contributed by atoms with E-state index < -0.39 is 33.5 Å². The van der Waals surface area contributed by atoms with Gasteiger partial charge in [0, 0.05) is 6.61 Å². The van der Waals surface area contributed by atoms with E-state index in [1.165, 1.54) is 0 Å². The first-order valence-electron chi connectivity index (χ1n) is 3.31. The van der Waals surface area contributed by atoms with Crippen LogP contribution in [0.15, 0.2) is 0 Å². The number of hydrogen-bond donors (Lipinski definition) is 3. The number of nitrogens with two attached hydrogens (primary N) is 1. The van der Waals surface area contributed by atoms with Crippen LogP contribution in [0.4, 0.5) is 0 Å². The summed E-state index contributed by atoms with van der Waals surface area (Å²) in [6.07, 6.45) is -1.57. The third kappa shape index (κ3) is 17.8. The molecular weight excluding hydrogens is 238 g/mol. The fraction of sp³-hybridized carbons (Fsp3) is 1.00. The van der Waals surface area contributed by atoms with E-state index in [0.717, 1.165) is 0 Å². The fourth-order valence-electron chi connectivity index (χ4n) is 0.318. The molecule has 0 rings (SSSR count). The van der Waals surface area contributed by atoms with Crippen LogP contribution in [-0.2, 0) is 25.7 Å². The van der Waals surface area contributed by atoms with Gasteiger partial charge in [-0.25, -0.2) is 4.18 Å². The first-order chi connectivity index (χ1) is 6.22. The minimum atomic E-state index is -4.67. The van der Waals surface area contributed by atoms with E-state index in [-0.39, 0.29) is 6.61 Å². The van der Waals surface area contributed by atoms with E-state index in [0.29, 0.717) is 0 Å². The molecule has 2 atom stereocenters. The van der Waals surface area contributed by atoms with E-state index in [9.17, 15) is 17.2 Å². The van der Waals surface area contributed by atoms with Crippen molar-refractivity contribution < 1.29 is 31.0 Å². The Morgan fingerprint density at radius 2 is 2.00 bits per heavy atom. The summed E-state index contributed by atoms with van der Waals surface area (Å²) < 4.78 is 51.1. The predicted molar refractivity (Wildman–Crippen MR) is 47.2 cm³/mol. The molecule has 8 nitrogen and oxygen atoms in total. The smallest absolute Gasteiger partial charge is 0.398 e. The molecule has 0 saturated carbocycles. The average molecular weight is 250 g/mol. The van der Waals surface area contributed by atoms with Crippen LogP contribution in [0.3, 0.4) is 0 Å². The Bertz CT molecular complexity index is 250. The SMILES string of the molecule is CCO.NC(CS(=O)[O-])OS(=O)(=O)O. The van der Waals surface area contributed by atoms with Crippen LogP contribution in [-0.4, -0.2) is 45.4 Å². The number of hydrogen-bond acceptors (Lipinski definition) is 7. The van der Waals surface area contributed by atoms with Gasteiger partial charge < -0.3 is 15.4 Å². The summed E-state index contributed by atoms with van der Waals surface area (Å²) in [6, 6.07) is 0. The van der Waals surface area contributed by atoms with Gasteiger partial charge in [-0.15, -0.1) is 0 Å². The molecule has 2 unspecified atom stereocenters. The van der Waals surface area contributed by atoms with E-state index in [1.54, 1.807) is 6.92 Å². The molecule has 0 spiro atoms. The number of rotatable bonds is 4. The Labute approximate surface area is 84.3 Å². The van der Waals surface area contributed by atoms with Crippen molar-refractivity contribution in [3.8, 4) is 0 Å². The lowest BCUT2D eigenvalue weighted by atomic mass is 10.7. The highest BCUT2D eigenvalue weighted by Crippen LogP contribution is 1.92. The zero-order valence-electron chi connectivity index (χ0n) is 7.32. The Hall–Kier alpha value is -0.100. The van der Waals surface area contributed by atoms with Crippen LogP contribution in [0.2, 0.25) is 0 Å². The standard InChI is InChI=1S/C2H7NO6S2.C2H6O/c3-2(1-10(4)5)9-11(6,7)8;1-2-3/h2H,1,3H2,(H,4,5)(H,6,7,8);3H,2H2,1H3/p-1. The minimum absolute atomic E-state index is 0.250. The molecule has 0 saturated heterocycles. The maximum atomic E-state index is 9.88. The maximum absolute atomic E-state index is 9.88. The number of aliphatic hydroxyl groups excluding tert-OH is 1. The van der Waals surface area contributed by atoms with Crippen LogP contribution >= 0.6 is 0 Å². The molecule has 0 aromatic carbocycles. The van der Waals surface area contributed by atoms with Crippen LogP contribution < -0.4 is 5.73 Å². The molecule has 0 bridgehead atoms. The molecule has 0 aromatic rings. The van der Waals surface area contributed by atoms with Crippen molar-refractivity contribution in [2.24, 2.45) is 5.73 Å². The molecule has 0 fully saturated rings. The summed E-state index contributed by atoms with van der Waals surface area (Å²) in [5, 5.41) is 7.57. The summed E-state index contributed by atoms with van der Waals surface area (Å²) in [5.74, 6) is -0.695. The van der Waals surface area contributed by atoms with Gasteiger partial charge in [-0.05, 0) is 6.92 Å². The molecule has 10 heteroatoms. The Kier molecular flexibility index (Phi) is 9.60. The maximum Gasteiger partial charge on any atom is 0.398 e. The summed E-state index contributed by atoms with van der Waals surface area (Å²) >= 11 is -2.51. The highest BCUT2D eigenvalue weighted by atomic mass is 32.3. The first kappa shape index (κ1) is 16.3. The monoisotopic (exact) mass is 250 g/mol. The third-order valence-corrected chi connectivity index (χ3v) is 1.64. The molecule has 0 aliphatic heterocycles. The van der Waals surface area contributed by atoms with Crippen molar-refractivity contribution in [2.75, 3.05) is 12.4 Å². The molecule has 14 heavy (non-hydrogen) atoms. The third-order valence-electron chi connectivity index (χ3n) is 0.546. The molecule has 0 aliphatic rings. The molecule has 0 heterocycles. The van der Waals surface area contributed by atoms with Crippen molar-refractivity contribution in [2.45, 2.75) is 13.2 Å². The molecule has 4 N–H and O–H groups in total. The normalized spacial score (nSPS) is 15.2. The molecule has 0 aliphatic carbocycles. The second-order valence-electron chi connectivity index (χ2n) is 1.85. The van der Waals surface area contributed by atoms with Gasteiger partial charge in [0.25, 0.3) is 0 Å². The lowest BCUT2D eigenvalue weighted by molar-refractivity contribution is 0.205. The zero-order valence-corrected chi connectivity index (χ0v) is 8.95. The van der Waals surface area contributed by atoms with Crippen molar-refractivity contribution in [1.29, 1.82) is 0 Å². The second-order valence-corrected chi connectivity index (χ2v) is 3.84. The van der Waals surface area contributed by atoms with E-state index in [1.807, 2.05) is 0 Å². The first-order valence-corrected chi connectivity index (χ1v) is 5.91. The van der Waals surface area contributed by atoms with Crippen LogP contribution in [0, 0.1) is 0 Å². The largest absolute Gasteiger partial charge is 0.772 e. The van der Waals surface area contributed by atoms with Gasteiger partial charge in [-0.1, -0.05) is 11.1 Å². The van der Waals surface area contributed by atoms with Gasteiger partial charge in [0.05, 0.1) is 5.75 Å². The Morgan fingerprint density at radius 1 is 1.64 bits per heavy atom. The van der Waals surface area contributed by atoms with Crippen LogP contribution in [0.1, 0.15) is 6.92 Å². The summed E-state index contributed by atoms with van der Waals surface area (Å²) in [5.41, 5.74) is 4.81. The average Bonchev–Trinajstić information content (AvgIpc) is 1.80.